The molecule has 3 aromatic heterocycles. The predicted octanol–water partition coefficient (Wildman–Crippen LogP) is 7.92. The Balaban J connectivity index is 1.51. The van der Waals surface area contributed by atoms with E-state index in [0.29, 0.717) is 22.3 Å². The molecule has 9 nitrogen and oxygen atoms in total. The quantitative estimate of drug-likeness (QED) is 0.0873. The molecule has 0 saturated heterocycles. The molecule has 0 fully saturated rings. The molecule has 3 aromatic carbocycles. The Morgan fingerprint density at radius 1 is 0.932 bits per heavy atom. The van der Waals surface area contributed by atoms with Crippen molar-refractivity contribution >= 4 is 44.1 Å². The molecule has 0 atom stereocenters. The highest BCUT2D eigenvalue weighted by atomic mass is 32.2. The van der Waals surface area contributed by atoms with Crippen molar-refractivity contribution < 1.29 is 22.2 Å². The summed E-state index contributed by atoms with van der Waals surface area (Å²) in [6, 6.07) is 23.6. The van der Waals surface area contributed by atoms with Gasteiger partial charge in [-0.15, -0.1) is 11.3 Å². The number of nitrogens with zero attached hydrogens (tertiary/aromatic N) is 4. The minimum absolute atomic E-state index is 0.350. The first kappa shape index (κ1) is 30.1. The number of fused-ring (bicyclic) bond motifs is 1. The normalized spacial score (nSPS) is 12.2. The number of hydrogen-bond acceptors (Lipinski definition) is 11. The fraction of sp³-hybridized carbons (Fsp3) is 0.188. The second-order valence-corrected chi connectivity index (χ2v) is 15.0. The van der Waals surface area contributed by atoms with Crippen molar-refractivity contribution in [3.63, 3.8) is 0 Å². The molecular formula is C32H28N4O5S3. The lowest BCUT2D eigenvalue weighted by Crippen LogP contribution is -2.28. The Bertz CT molecular complexity index is 2090. The number of hydrogen-bond donors (Lipinski definition) is 0. The second kappa shape index (κ2) is 11.9. The highest BCUT2D eigenvalue weighted by Crippen LogP contribution is 2.43. The van der Waals surface area contributed by atoms with E-state index in [-0.39, 0.29) is 0 Å². The third kappa shape index (κ3) is 5.78. The third-order valence-electron chi connectivity index (χ3n) is 7.43. The van der Waals surface area contributed by atoms with E-state index < -0.39 is 14.6 Å². The van der Waals surface area contributed by atoms with Crippen LogP contribution >= 0.6 is 23.4 Å². The van der Waals surface area contributed by atoms with Gasteiger partial charge in [-0.05, 0) is 73.9 Å². The van der Waals surface area contributed by atoms with Crippen molar-refractivity contribution in [1.29, 1.82) is 0 Å². The minimum Gasteiger partial charge on any atom is -0.331 e. The Morgan fingerprint density at radius 3 is 2.41 bits per heavy atom. The van der Waals surface area contributed by atoms with Crippen LogP contribution in [0.2, 0.25) is 0 Å². The molecule has 0 N–H and O–H groups in total. The Kier molecular flexibility index (Phi) is 8.12. The topological polar surface area (TPSA) is 117 Å². The van der Waals surface area contributed by atoms with Crippen LogP contribution in [-0.4, -0.2) is 41.9 Å². The Morgan fingerprint density at radius 2 is 1.70 bits per heavy atom. The van der Waals surface area contributed by atoms with Crippen LogP contribution in [-0.2, 0) is 23.8 Å². The van der Waals surface area contributed by atoms with Crippen molar-refractivity contribution in [1.82, 2.24) is 20.1 Å². The van der Waals surface area contributed by atoms with Crippen LogP contribution < -0.4 is 0 Å². The maximum Gasteiger partial charge on any atom is 0.286 e. The Hall–Kier alpha value is -3.94. The zero-order valence-corrected chi connectivity index (χ0v) is 27.0. The van der Waals surface area contributed by atoms with Gasteiger partial charge in [-0.25, -0.2) is 18.3 Å². The van der Waals surface area contributed by atoms with Gasteiger partial charge in [0, 0.05) is 33.9 Å². The van der Waals surface area contributed by atoms with Gasteiger partial charge in [0.15, 0.2) is 20.7 Å². The van der Waals surface area contributed by atoms with Crippen molar-refractivity contribution in [2.24, 2.45) is 0 Å². The van der Waals surface area contributed by atoms with E-state index in [9.17, 15) is 8.42 Å². The van der Waals surface area contributed by atoms with Crippen LogP contribution in [0, 0.1) is 6.92 Å². The molecule has 44 heavy (non-hydrogen) atoms. The van der Waals surface area contributed by atoms with E-state index in [1.165, 1.54) is 24.7 Å². The second-order valence-electron chi connectivity index (χ2n) is 10.6. The van der Waals surface area contributed by atoms with Gasteiger partial charge >= 0.3 is 0 Å². The van der Waals surface area contributed by atoms with Crippen molar-refractivity contribution in [3.05, 3.63) is 90.4 Å². The highest BCUT2D eigenvalue weighted by Gasteiger charge is 2.33. The maximum absolute atomic E-state index is 12.8. The van der Waals surface area contributed by atoms with Gasteiger partial charge in [0.05, 0.1) is 40.0 Å². The summed E-state index contributed by atoms with van der Waals surface area (Å²) in [6.45, 7) is 5.23. The molecule has 0 aliphatic heterocycles. The highest BCUT2D eigenvalue weighted by molar-refractivity contribution is 7.94. The SMILES string of the molecule is COOSc1ccc(-c2nc(-c3nc(C)no3)sc2-c2cccc(-c3cc(C(C)(C)S(C)(=O)=O)cc4cccnc34)c2)cc1. The van der Waals surface area contributed by atoms with Gasteiger partial charge in [0.25, 0.3) is 5.89 Å². The molecule has 224 valence electrons. The number of benzene rings is 3. The molecule has 0 aliphatic rings. The summed E-state index contributed by atoms with van der Waals surface area (Å²) < 4.78 is 34.9. The molecule has 0 aliphatic carbocycles. The van der Waals surface area contributed by atoms with E-state index in [1.807, 2.05) is 66.7 Å². The summed E-state index contributed by atoms with van der Waals surface area (Å²) in [4.78, 5) is 20.5. The van der Waals surface area contributed by atoms with Gasteiger partial charge in [-0.2, -0.15) is 9.32 Å². The first-order valence-electron chi connectivity index (χ1n) is 13.5. The summed E-state index contributed by atoms with van der Waals surface area (Å²) >= 11 is 2.58. The number of aryl methyl sites for hydroxylation is 1. The van der Waals surface area contributed by atoms with Crippen LogP contribution in [0.15, 0.2) is 88.4 Å². The molecule has 0 saturated carbocycles. The zero-order chi connectivity index (χ0) is 31.1. The smallest absolute Gasteiger partial charge is 0.286 e. The van der Waals surface area contributed by atoms with Gasteiger partial charge in [-0.1, -0.05) is 41.6 Å². The summed E-state index contributed by atoms with van der Waals surface area (Å²) in [6.07, 6.45) is 3.01. The molecule has 3 heterocycles. The molecule has 0 amide bonds. The van der Waals surface area contributed by atoms with E-state index >= 15 is 0 Å². The lowest BCUT2D eigenvalue weighted by molar-refractivity contribution is -0.160. The van der Waals surface area contributed by atoms with Gasteiger partial charge < -0.3 is 4.52 Å². The predicted molar refractivity (Wildman–Crippen MR) is 174 cm³/mol. The van der Waals surface area contributed by atoms with E-state index in [2.05, 4.69) is 21.2 Å². The number of aromatic nitrogens is 4. The van der Waals surface area contributed by atoms with Crippen LogP contribution in [0.5, 0.6) is 0 Å². The molecule has 0 bridgehead atoms. The molecule has 6 rings (SSSR count). The number of rotatable bonds is 9. The largest absolute Gasteiger partial charge is 0.331 e. The molecular weight excluding hydrogens is 617 g/mol. The Labute approximate surface area is 263 Å². The first-order chi connectivity index (χ1) is 21.0. The van der Waals surface area contributed by atoms with Crippen LogP contribution in [0.4, 0.5) is 0 Å². The first-order valence-corrected chi connectivity index (χ1v) is 17.0. The zero-order valence-electron chi connectivity index (χ0n) is 24.6. The lowest BCUT2D eigenvalue weighted by Gasteiger charge is -2.24. The fourth-order valence-corrected chi connectivity index (χ4v) is 6.68. The van der Waals surface area contributed by atoms with Crippen molar-refractivity contribution in [2.75, 3.05) is 13.4 Å². The maximum atomic E-state index is 12.8. The average Bonchev–Trinajstić information content (AvgIpc) is 3.66. The van der Waals surface area contributed by atoms with Crippen LogP contribution in [0.25, 0.3) is 54.6 Å². The van der Waals surface area contributed by atoms with Gasteiger partial charge in [0.2, 0.25) is 0 Å². The molecule has 0 radical (unpaired) electrons. The van der Waals surface area contributed by atoms with Gasteiger partial charge in [-0.3, -0.25) is 4.98 Å². The van der Waals surface area contributed by atoms with E-state index in [0.717, 1.165) is 60.7 Å². The molecule has 0 spiro atoms. The summed E-state index contributed by atoms with van der Waals surface area (Å²) in [5.74, 6) is 0.874. The number of pyridine rings is 1. The fourth-order valence-electron chi connectivity index (χ4n) is 4.73. The van der Waals surface area contributed by atoms with E-state index in [1.54, 1.807) is 27.0 Å². The van der Waals surface area contributed by atoms with Crippen LogP contribution in [0.3, 0.4) is 0 Å². The molecule has 12 heteroatoms. The minimum atomic E-state index is -3.40. The summed E-state index contributed by atoms with van der Waals surface area (Å²) in [5, 5.41) is 5.42. The monoisotopic (exact) mass is 644 g/mol. The van der Waals surface area contributed by atoms with E-state index in [4.69, 9.17) is 18.7 Å². The van der Waals surface area contributed by atoms with Crippen LogP contribution in [0.1, 0.15) is 25.2 Å². The number of sulfone groups is 1. The van der Waals surface area contributed by atoms with Crippen molar-refractivity contribution in [2.45, 2.75) is 30.4 Å². The summed E-state index contributed by atoms with van der Waals surface area (Å²) in [5.41, 5.74) is 5.81. The average molecular weight is 645 g/mol. The standard InChI is InChI=1S/C32H28N4O5S3/c1-19-34-30(40-36-19)31-35-28(20-11-13-25(14-12-20)43-41-39-4)29(42-31)23-9-6-8-21(16-23)26-18-24(32(2,3)44(5,37)38)17-22-10-7-15-33-27(22)26/h6-18H,1-5H3. The summed E-state index contributed by atoms with van der Waals surface area (Å²) in [7, 11) is -1.95. The third-order valence-corrected chi connectivity index (χ3v) is 11.3. The molecule has 0 unspecified atom stereocenters. The van der Waals surface area contributed by atoms with Gasteiger partial charge in [0.1, 0.15) is 0 Å². The lowest BCUT2D eigenvalue weighted by atomic mass is 9.92. The van der Waals surface area contributed by atoms with Crippen molar-refractivity contribution in [3.8, 4) is 43.7 Å². The molecule has 6 aromatic rings. The number of thiazole rings is 1.